The van der Waals surface area contributed by atoms with Crippen molar-refractivity contribution in [2.45, 2.75) is 19.0 Å². The van der Waals surface area contributed by atoms with Crippen molar-refractivity contribution in [3.63, 3.8) is 0 Å². The average molecular weight is 484 g/mol. The number of pyridine rings is 2. The van der Waals surface area contributed by atoms with Crippen molar-refractivity contribution >= 4 is 28.9 Å². The lowest BCUT2D eigenvalue weighted by Gasteiger charge is -2.22. The number of nitrogens with one attached hydrogen (secondary N) is 1. The molecule has 174 valence electrons. The summed E-state index contributed by atoms with van der Waals surface area (Å²) >= 11 is 1.29. The lowest BCUT2D eigenvalue weighted by molar-refractivity contribution is 0.0714. The summed E-state index contributed by atoms with van der Waals surface area (Å²) in [6.45, 7) is 0.278. The maximum Gasteiger partial charge on any atom is 0.284 e. The fourth-order valence-corrected chi connectivity index (χ4v) is 4.75. The normalized spacial score (nSPS) is 15.0. The molecule has 0 radical (unpaired) electrons. The molecule has 4 heterocycles. The van der Waals surface area contributed by atoms with Gasteiger partial charge in [0.05, 0.1) is 23.2 Å². The molecule has 2 amide bonds. The number of hydrogen-bond donors (Lipinski definition) is 2. The van der Waals surface area contributed by atoms with Crippen molar-refractivity contribution in [3.8, 4) is 5.75 Å². The minimum absolute atomic E-state index is 0.113. The Morgan fingerprint density at radius 2 is 1.89 bits per heavy atom. The minimum Gasteiger partial charge on any atom is -0.508 e. The first kappa shape index (κ1) is 22.4. The van der Waals surface area contributed by atoms with E-state index in [1.165, 1.54) is 16.3 Å². The van der Waals surface area contributed by atoms with Gasteiger partial charge >= 0.3 is 0 Å². The molecular formula is C26H21N5O3S. The molecule has 0 saturated heterocycles. The summed E-state index contributed by atoms with van der Waals surface area (Å²) in [6.07, 6.45) is 5.41. The number of benzene rings is 1. The number of thiophene rings is 1. The van der Waals surface area contributed by atoms with E-state index in [0.717, 1.165) is 16.2 Å². The zero-order chi connectivity index (χ0) is 24.2. The highest BCUT2D eigenvalue weighted by atomic mass is 32.1. The third-order valence-corrected chi connectivity index (χ3v) is 6.68. The van der Waals surface area contributed by atoms with Crippen LogP contribution in [0, 0.1) is 0 Å². The van der Waals surface area contributed by atoms with Gasteiger partial charge < -0.3 is 10.4 Å². The number of hydrazone groups is 1. The lowest BCUT2D eigenvalue weighted by Crippen LogP contribution is -2.26. The highest BCUT2D eigenvalue weighted by Gasteiger charge is 2.35. The molecule has 9 heteroatoms. The van der Waals surface area contributed by atoms with E-state index in [-0.39, 0.29) is 24.1 Å². The maximum atomic E-state index is 13.5. The van der Waals surface area contributed by atoms with Crippen LogP contribution in [-0.4, -0.2) is 37.6 Å². The van der Waals surface area contributed by atoms with Crippen molar-refractivity contribution in [1.29, 1.82) is 0 Å². The molecule has 1 aromatic carbocycles. The maximum absolute atomic E-state index is 13.5. The van der Waals surface area contributed by atoms with E-state index in [1.807, 2.05) is 24.3 Å². The summed E-state index contributed by atoms with van der Waals surface area (Å²) in [7, 11) is 0. The van der Waals surface area contributed by atoms with Crippen LogP contribution in [0.25, 0.3) is 0 Å². The number of nitrogens with zero attached hydrogens (tertiary/aromatic N) is 4. The van der Waals surface area contributed by atoms with Crippen LogP contribution < -0.4 is 5.32 Å². The van der Waals surface area contributed by atoms with Crippen LogP contribution in [0.1, 0.15) is 48.6 Å². The Labute approximate surface area is 205 Å². The molecule has 35 heavy (non-hydrogen) atoms. The van der Waals surface area contributed by atoms with Crippen LogP contribution in [0.2, 0.25) is 0 Å². The van der Waals surface area contributed by atoms with Gasteiger partial charge in [-0.2, -0.15) is 5.10 Å². The van der Waals surface area contributed by atoms with Crippen molar-refractivity contribution in [2.24, 2.45) is 5.10 Å². The van der Waals surface area contributed by atoms with E-state index in [0.29, 0.717) is 22.6 Å². The van der Waals surface area contributed by atoms with E-state index in [1.54, 1.807) is 61.1 Å². The Hall–Kier alpha value is -4.37. The summed E-state index contributed by atoms with van der Waals surface area (Å²) in [4.78, 5) is 35.3. The number of aromatic nitrogens is 2. The molecule has 5 rings (SSSR count). The average Bonchev–Trinajstić information content (AvgIpc) is 3.56. The molecule has 4 aromatic rings. The standard InChI is InChI=1S/C26H21N5O3S/c32-23-9-2-1-7-19(23)22-14-21(17-6-5-12-27-15-17)30-31(22)26(34)24-11-10-18(35-24)16-29-25(33)20-8-3-4-13-28-20/h1-13,15,22,32H,14,16H2,(H,29,33). The fraction of sp³-hybridized carbons (Fsp3) is 0.115. The molecule has 0 fully saturated rings. The molecule has 1 aliphatic rings. The van der Waals surface area contributed by atoms with E-state index >= 15 is 0 Å². The zero-order valence-electron chi connectivity index (χ0n) is 18.5. The summed E-state index contributed by atoms with van der Waals surface area (Å²) in [5, 5.41) is 19.4. The molecule has 1 atom stereocenters. The Balaban J connectivity index is 1.37. The third-order valence-electron chi connectivity index (χ3n) is 5.60. The van der Waals surface area contributed by atoms with Crippen molar-refractivity contribution < 1.29 is 14.7 Å². The monoisotopic (exact) mass is 483 g/mol. The number of para-hydroxylation sites is 1. The Bertz CT molecular complexity index is 1390. The number of phenols is 1. The van der Waals surface area contributed by atoms with E-state index in [9.17, 15) is 14.7 Å². The first-order valence-corrected chi connectivity index (χ1v) is 11.8. The molecule has 0 bridgehead atoms. The van der Waals surface area contributed by atoms with Crippen molar-refractivity contribution in [1.82, 2.24) is 20.3 Å². The van der Waals surface area contributed by atoms with Crippen LogP contribution in [0.5, 0.6) is 5.75 Å². The van der Waals surface area contributed by atoms with Gasteiger partial charge in [0, 0.05) is 41.0 Å². The minimum atomic E-state index is -0.451. The first-order valence-electron chi connectivity index (χ1n) is 11.0. The molecule has 2 N–H and O–H groups in total. The van der Waals surface area contributed by atoms with Gasteiger partial charge in [-0.25, -0.2) is 5.01 Å². The fourth-order valence-electron chi connectivity index (χ4n) is 3.87. The Kier molecular flexibility index (Phi) is 6.32. The van der Waals surface area contributed by atoms with E-state index in [2.05, 4.69) is 20.4 Å². The number of carbonyl (C=O) groups is 2. The molecular weight excluding hydrogens is 462 g/mol. The molecule has 0 aliphatic carbocycles. The zero-order valence-corrected chi connectivity index (χ0v) is 19.4. The molecule has 3 aromatic heterocycles. The number of rotatable bonds is 6. The van der Waals surface area contributed by atoms with Gasteiger partial charge in [-0.05, 0) is 36.4 Å². The van der Waals surface area contributed by atoms with E-state index in [4.69, 9.17) is 0 Å². The number of carbonyl (C=O) groups excluding carboxylic acids is 2. The van der Waals surface area contributed by atoms with Crippen molar-refractivity contribution in [2.75, 3.05) is 0 Å². The van der Waals surface area contributed by atoms with Crippen LogP contribution >= 0.6 is 11.3 Å². The Morgan fingerprint density at radius 3 is 2.66 bits per heavy atom. The second-order valence-corrected chi connectivity index (χ2v) is 9.05. The number of hydrogen-bond acceptors (Lipinski definition) is 7. The van der Waals surface area contributed by atoms with Crippen LogP contribution in [0.15, 0.2) is 90.4 Å². The van der Waals surface area contributed by atoms with Crippen LogP contribution in [0.3, 0.4) is 0 Å². The number of aromatic hydroxyl groups is 1. The molecule has 0 spiro atoms. The lowest BCUT2D eigenvalue weighted by atomic mass is 9.98. The van der Waals surface area contributed by atoms with Gasteiger partial charge in [0.15, 0.2) is 0 Å². The SMILES string of the molecule is O=C(NCc1ccc(C(=O)N2N=C(c3cccnc3)CC2c2ccccc2O)s1)c1ccccn1. The largest absolute Gasteiger partial charge is 0.508 e. The van der Waals surface area contributed by atoms with E-state index < -0.39 is 6.04 Å². The van der Waals surface area contributed by atoms with Gasteiger partial charge in [0.2, 0.25) is 0 Å². The van der Waals surface area contributed by atoms with Gasteiger partial charge in [-0.1, -0.05) is 30.3 Å². The van der Waals surface area contributed by atoms with Crippen molar-refractivity contribution in [3.05, 3.63) is 112 Å². The predicted molar refractivity (Wildman–Crippen MR) is 132 cm³/mol. The second kappa shape index (κ2) is 9.86. The summed E-state index contributed by atoms with van der Waals surface area (Å²) in [5.74, 6) is -0.441. The number of amides is 2. The summed E-state index contributed by atoms with van der Waals surface area (Å²) < 4.78 is 0. The predicted octanol–water partition coefficient (Wildman–Crippen LogP) is 4.17. The third kappa shape index (κ3) is 4.80. The summed E-state index contributed by atoms with van der Waals surface area (Å²) in [5.41, 5.74) is 2.51. The first-order chi connectivity index (χ1) is 17.1. The van der Waals surface area contributed by atoms with Gasteiger partial charge in [0.25, 0.3) is 11.8 Å². The van der Waals surface area contributed by atoms with Crippen LogP contribution in [-0.2, 0) is 6.54 Å². The molecule has 8 nitrogen and oxygen atoms in total. The van der Waals surface area contributed by atoms with Crippen LogP contribution in [0.4, 0.5) is 0 Å². The molecule has 1 aliphatic heterocycles. The molecule has 1 unspecified atom stereocenters. The Morgan fingerprint density at radius 1 is 1.03 bits per heavy atom. The number of phenolic OH excluding ortho intramolecular Hbond substituents is 1. The second-order valence-electron chi connectivity index (χ2n) is 7.88. The van der Waals surface area contributed by atoms with Gasteiger partial charge in [-0.3, -0.25) is 19.6 Å². The van der Waals surface area contributed by atoms with Gasteiger partial charge in [0.1, 0.15) is 11.4 Å². The molecule has 0 saturated carbocycles. The topological polar surface area (TPSA) is 108 Å². The summed E-state index contributed by atoms with van der Waals surface area (Å²) in [6, 6.07) is 18.9. The highest BCUT2D eigenvalue weighted by molar-refractivity contribution is 7.14. The smallest absolute Gasteiger partial charge is 0.284 e. The quantitative estimate of drug-likeness (QED) is 0.428. The van der Waals surface area contributed by atoms with Gasteiger partial charge in [-0.15, -0.1) is 11.3 Å². The highest BCUT2D eigenvalue weighted by Crippen LogP contribution is 2.38.